The van der Waals surface area contributed by atoms with Gasteiger partial charge in [-0.05, 0) is 31.9 Å². The zero-order valence-corrected chi connectivity index (χ0v) is 12.7. The molecule has 0 radical (unpaired) electrons. The smallest absolute Gasteiger partial charge is 0.244 e. The monoisotopic (exact) mass is 312 g/mol. The molecular formula is C13H20N4O3S. The fourth-order valence-corrected chi connectivity index (χ4v) is 4.11. The molecule has 2 atom stereocenters. The minimum atomic E-state index is -3.68. The Balaban J connectivity index is 2.29. The summed E-state index contributed by atoms with van der Waals surface area (Å²) in [7, 11) is -3.68. The van der Waals surface area contributed by atoms with Gasteiger partial charge in [0.1, 0.15) is 4.90 Å². The van der Waals surface area contributed by atoms with Crippen molar-refractivity contribution in [2.45, 2.75) is 37.2 Å². The Labute approximate surface area is 124 Å². The molecule has 8 heteroatoms. The lowest BCUT2D eigenvalue weighted by atomic mass is 9.95. The van der Waals surface area contributed by atoms with Gasteiger partial charge >= 0.3 is 0 Å². The summed E-state index contributed by atoms with van der Waals surface area (Å²) in [6.45, 7) is 2.21. The van der Waals surface area contributed by atoms with E-state index in [9.17, 15) is 13.2 Å². The van der Waals surface area contributed by atoms with E-state index in [0.29, 0.717) is 18.5 Å². The first-order valence-electron chi connectivity index (χ1n) is 6.82. The molecule has 1 saturated heterocycles. The summed E-state index contributed by atoms with van der Waals surface area (Å²) in [5.74, 6) is -0.897. The number of rotatable bonds is 4. The topological polar surface area (TPSA) is 119 Å². The average Bonchev–Trinajstić information content (AvgIpc) is 2.47. The van der Waals surface area contributed by atoms with E-state index in [1.54, 1.807) is 6.07 Å². The Morgan fingerprint density at radius 3 is 2.67 bits per heavy atom. The van der Waals surface area contributed by atoms with E-state index in [1.165, 1.54) is 16.6 Å². The van der Waals surface area contributed by atoms with Gasteiger partial charge in [0.2, 0.25) is 15.9 Å². The highest BCUT2D eigenvalue weighted by Gasteiger charge is 2.36. The fourth-order valence-electron chi connectivity index (χ4n) is 2.46. The molecular weight excluding hydrogens is 292 g/mol. The minimum Gasteiger partial charge on any atom is -0.369 e. The lowest BCUT2D eigenvalue weighted by molar-refractivity contribution is -0.123. The second-order valence-corrected chi connectivity index (χ2v) is 7.18. The van der Waals surface area contributed by atoms with Gasteiger partial charge in [-0.1, -0.05) is 0 Å². The maximum Gasteiger partial charge on any atom is 0.244 e. The Morgan fingerprint density at radius 1 is 1.43 bits per heavy atom. The molecule has 1 aromatic rings. The summed E-state index contributed by atoms with van der Waals surface area (Å²) in [5, 5.41) is 0. The van der Waals surface area contributed by atoms with Crippen LogP contribution in [0.2, 0.25) is 0 Å². The van der Waals surface area contributed by atoms with Crippen molar-refractivity contribution in [3.05, 3.63) is 24.0 Å². The first-order chi connectivity index (χ1) is 9.86. The van der Waals surface area contributed by atoms with Crippen LogP contribution in [0.1, 0.15) is 25.5 Å². The molecule has 2 unspecified atom stereocenters. The molecule has 0 saturated carbocycles. The van der Waals surface area contributed by atoms with Crippen molar-refractivity contribution in [2.75, 3.05) is 6.54 Å². The molecule has 21 heavy (non-hydrogen) atoms. The second kappa shape index (κ2) is 6.08. The zero-order valence-electron chi connectivity index (χ0n) is 11.9. The maximum atomic E-state index is 12.7. The van der Waals surface area contributed by atoms with E-state index in [4.69, 9.17) is 11.5 Å². The number of carbonyl (C=O) groups is 1. The Morgan fingerprint density at radius 2 is 2.14 bits per heavy atom. The van der Waals surface area contributed by atoms with Crippen molar-refractivity contribution in [3.63, 3.8) is 0 Å². The second-order valence-electron chi connectivity index (χ2n) is 5.29. The molecule has 0 spiro atoms. The Hall–Kier alpha value is -1.51. The van der Waals surface area contributed by atoms with Crippen molar-refractivity contribution < 1.29 is 13.2 Å². The van der Waals surface area contributed by atoms with Crippen LogP contribution in [0.5, 0.6) is 0 Å². The van der Waals surface area contributed by atoms with Gasteiger partial charge in [0.15, 0.2) is 0 Å². The first-order valence-corrected chi connectivity index (χ1v) is 8.26. The van der Waals surface area contributed by atoms with Gasteiger partial charge < -0.3 is 11.5 Å². The highest BCUT2D eigenvalue weighted by molar-refractivity contribution is 7.89. The molecule has 2 heterocycles. The standard InChI is InChI=1S/C13H20N4O3S/c1-9-2-3-10(13(15)18)8-17(9)21(19,20)12-5-4-11(6-14)16-7-12/h4-5,7,9-10H,2-3,6,8,14H2,1H3,(H2,15,18). The molecule has 2 rings (SSSR count). The number of hydrogen-bond acceptors (Lipinski definition) is 5. The highest BCUT2D eigenvalue weighted by atomic mass is 32.2. The average molecular weight is 312 g/mol. The van der Waals surface area contributed by atoms with E-state index < -0.39 is 21.8 Å². The number of nitrogens with two attached hydrogens (primary N) is 2. The van der Waals surface area contributed by atoms with Gasteiger partial charge in [0.25, 0.3) is 0 Å². The molecule has 1 aliphatic heterocycles. The van der Waals surface area contributed by atoms with Crippen molar-refractivity contribution in [1.29, 1.82) is 0 Å². The summed E-state index contributed by atoms with van der Waals surface area (Å²) in [6, 6.07) is 2.91. The third kappa shape index (κ3) is 3.22. The first kappa shape index (κ1) is 15.9. The fraction of sp³-hybridized carbons (Fsp3) is 0.538. The van der Waals surface area contributed by atoms with E-state index in [-0.39, 0.29) is 24.0 Å². The molecule has 1 aliphatic rings. The lowest BCUT2D eigenvalue weighted by Gasteiger charge is -2.35. The van der Waals surface area contributed by atoms with Crippen LogP contribution in [-0.2, 0) is 21.4 Å². The van der Waals surface area contributed by atoms with E-state index in [2.05, 4.69) is 4.98 Å². The molecule has 1 aromatic heterocycles. The number of carbonyl (C=O) groups excluding carboxylic acids is 1. The van der Waals surface area contributed by atoms with E-state index >= 15 is 0 Å². The van der Waals surface area contributed by atoms with Crippen LogP contribution < -0.4 is 11.5 Å². The molecule has 1 fully saturated rings. The summed E-state index contributed by atoms with van der Waals surface area (Å²) >= 11 is 0. The number of aromatic nitrogens is 1. The molecule has 0 bridgehead atoms. The number of nitrogens with zero attached hydrogens (tertiary/aromatic N) is 2. The number of primary amides is 1. The largest absolute Gasteiger partial charge is 0.369 e. The van der Waals surface area contributed by atoms with Gasteiger partial charge in [-0.3, -0.25) is 9.78 Å². The number of hydrogen-bond donors (Lipinski definition) is 2. The zero-order chi connectivity index (χ0) is 15.6. The lowest BCUT2D eigenvalue weighted by Crippen LogP contribution is -2.48. The van der Waals surface area contributed by atoms with E-state index in [0.717, 1.165) is 0 Å². The third-order valence-corrected chi connectivity index (χ3v) is 5.80. The molecule has 7 nitrogen and oxygen atoms in total. The van der Waals surface area contributed by atoms with Crippen molar-refractivity contribution in [1.82, 2.24) is 9.29 Å². The minimum absolute atomic E-state index is 0.108. The molecule has 4 N–H and O–H groups in total. The van der Waals surface area contributed by atoms with Gasteiger partial charge in [0, 0.05) is 25.3 Å². The summed E-state index contributed by atoms with van der Waals surface area (Å²) in [6.07, 6.45) is 2.53. The van der Waals surface area contributed by atoms with Gasteiger partial charge in [-0.25, -0.2) is 8.42 Å². The number of amides is 1. The van der Waals surface area contributed by atoms with Crippen LogP contribution in [0.3, 0.4) is 0 Å². The normalized spacial score (nSPS) is 23.9. The van der Waals surface area contributed by atoms with E-state index in [1.807, 2.05) is 6.92 Å². The highest BCUT2D eigenvalue weighted by Crippen LogP contribution is 2.27. The van der Waals surface area contributed by atoms with Crippen LogP contribution in [-0.4, -0.2) is 36.2 Å². The number of piperidine rings is 1. The van der Waals surface area contributed by atoms with Gasteiger partial charge in [-0.2, -0.15) is 4.31 Å². The van der Waals surface area contributed by atoms with Crippen LogP contribution in [0.4, 0.5) is 0 Å². The SMILES string of the molecule is CC1CCC(C(N)=O)CN1S(=O)(=O)c1ccc(CN)nc1. The number of pyridine rings is 1. The molecule has 0 aliphatic carbocycles. The van der Waals surface area contributed by atoms with Crippen molar-refractivity contribution in [3.8, 4) is 0 Å². The number of sulfonamides is 1. The maximum absolute atomic E-state index is 12.7. The summed E-state index contributed by atoms with van der Waals surface area (Å²) in [5.41, 5.74) is 11.4. The summed E-state index contributed by atoms with van der Waals surface area (Å²) < 4.78 is 26.7. The van der Waals surface area contributed by atoms with Crippen LogP contribution in [0.15, 0.2) is 23.2 Å². The van der Waals surface area contributed by atoms with Crippen LogP contribution in [0, 0.1) is 5.92 Å². The third-order valence-electron chi connectivity index (χ3n) is 3.84. The van der Waals surface area contributed by atoms with Gasteiger partial charge in [-0.15, -0.1) is 0 Å². The molecule has 116 valence electrons. The molecule has 0 aromatic carbocycles. The van der Waals surface area contributed by atoms with Gasteiger partial charge in [0.05, 0.1) is 11.6 Å². The Bertz CT molecular complexity index is 615. The summed E-state index contributed by atoms with van der Waals surface area (Å²) in [4.78, 5) is 15.5. The predicted octanol–water partition coefficient (Wildman–Crippen LogP) is -0.185. The predicted molar refractivity (Wildman–Crippen MR) is 77.4 cm³/mol. The van der Waals surface area contributed by atoms with Crippen LogP contribution >= 0.6 is 0 Å². The molecule has 1 amide bonds. The quantitative estimate of drug-likeness (QED) is 0.799. The van der Waals surface area contributed by atoms with Crippen molar-refractivity contribution >= 4 is 15.9 Å². The van der Waals surface area contributed by atoms with Crippen molar-refractivity contribution in [2.24, 2.45) is 17.4 Å². The van der Waals surface area contributed by atoms with Crippen LogP contribution in [0.25, 0.3) is 0 Å². The Kier molecular flexibility index (Phi) is 4.60.